The van der Waals surface area contributed by atoms with Gasteiger partial charge >= 0.3 is 6.18 Å². The van der Waals surface area contributed by atoms with Gasteiger partial charge in [-0.2, -0.15) is 18.3 Å². The third-order valence-corrected chi connectivity index (χ3v) is 6.05. The molecule has 0 fully saturated rings. The molecule has 0 bridgehead atoms. The molecule has 2 aromatic heterocycles. The summed E-state index contributed by atoms with van der Waals surface area (Å²) in [6, 6.07) is 5.21. The van der Waals surface area contributed by atoms with E-state index in [0.29, 0.717) is 17.0 Å². The molecule has 28 heavy (non-hydrogen) atoms. The summed E-state index contributed by atoms with van der Waals surface area (Å²) in [5.41, 5.74) is -1.76. The smallest absolute Gasteiger partial charge is 0.279 e. The molecule has 3 aromatic rings. The van der Waals surface area contributed by atoms with Crippen molar-refractivity contribution < 1.29 is 26.0 Å². The minimum Gasteiger partial charge on any atom is -0.279 e. The van der Waals surface area contributed by atoms with Gasteiger partial charge in [0.2, 0.25) is 0 Å². The standard InChI is InChI=1S/C17H15F4N3O2S2/c1-10(2)24-9-15(16(22-24)14-4-3-7-27-14)28(25,26)23-11-5-6-13(18)12(8-11)17(19,20)21/h3-10,23H,1-2H3. The minimum atomic E-state index is -4.95. The molecule has 0 unspecified atom stereocenters. The number of aromatic nitrogens is 2. The number of benzene rings is 1. The molecule has 3 rings (SSSR count). The van der Waals surface area contributed by atoms with Gasteiger partial charge < -0.3 is 0 Å². The predicted molar refractivity (Wildman–Crippen MR) is 98.1 cm³/mol. The number of thiophene rings is 1. The third-order valence-electron chi connectivity index (χ3n) is 3.80. The molecule has 2 heterocycles. The molecule has 0 aliphatic carbocycles. The molecule has 1 aromatic carbocycles. The summed E-state index contributed by atoms with van der Waals surface area (Å²) < 4.78 is 81.4. The number of hydrogen-bond donors (Lipinski definition) is 1. The Morgan fingerprint density at radius 3 is 2.50 bits per heavy atom. The second-order valence-corrected chi connectivity index (χ2v) is 8.79. The van der Waals surface area contributed by atoms with Gasteiger partial charge in [0.25, 0.3) is 10.0 Å². The van der Waals surface area contributed by atoms with Gasteiger partial charge in [-0.3, -0.25) is 9.40 Å². The van der Waals surface area contributed by atoms with Crippen molar-refractivity contribution in [2.45, 2.75) is 31.0 Å². The van der Waals surface area contributed by atoms with Gasteiger partial charge in [-0.15, -0.1) is 11.3 Å². The minimum absolute atomic E-state index is 0.134. The number of anilines is 1. The molecule has 5 nitrogen and oxygen atoms in total. The summed E-state index contributed by atoms with van der Waals surface area (Å²) in [4.78, 5) is 0.413. The van der Waals surface area contributed by atoms with Gasteiger partial charge in [0.05, 0.1) is 10.4 Å². The third kappa shape index (κ3) is 4.04. The first kappa shape index (κ1) is 20.3. The fourth-order valence-electron chi connectivity index (χ4n) is 2.44. The fourth-order valence-corrected chi connectivity index (χ4v) is 4.42. The highest BCUT2D eigenvalue weighted by Gasteiger charge is 2.35. The summed E-state index contributed by atoms with van der Waals surface area (Å²) in [6.45, 7) is 3.62. The zero-order chi connectivity index (χ0) is 20.7. The van der Waals surface area contributed by atoms with E-state index in [0.717, 1.165) is 6.07 Å². The number of rotatable bonds is 5. The maximum absolute atomic E-state index is 13.5. The molecule has 150 valence electrons. The van der Waals surface area contributed by atoms with Crippen molar-refractivity contribution in [1.82, 2.24) is 9.78 Å². The number of nitrogens with one attached hydrogen (secondary N) is 1. The average molecular weight is 433 g/mol. The van der Waals surface area contributed by atoms with Crippen LogP contribution >= 0.6 is 11.3 Å². The molecule has 0 aliphatic heterocycles. The lowest BCUT2D eigenvalue weighted by atomic mass is 10.2. The summed E-state index contributed by atoms with van der Waals surface area (Å²) in [5.74, 6) is -1.48. The summed E-state index contributed by atoms with van der Waals surface area (Å²) >= 11 is 1.28. The van der Waals surface area contributed by atoms with E-state index in [1.165, 1.54) is 22.2 Å². The van der Waals surface area contributed by atoms with Crippen LogP contribution in [0, 0.1) is 5.82 Å². The van der Waals surface area contributed by atoms with Crippen LogP contribution in [0.1, 0.15) is 25.5 Å². The van der Waals surface area contributed by atoms with Crippen molar-refractivity contribution in [2.24, 2.45) is 0 Å². The van der Waals surface area contributed by atoms with Gasteiger partial charge in [-0.25, -0.2) is 12.8 Å². The Hall–Kier alpha value is -2.40. The molecule has 0 amide bonds. The zero-order valence-corrected chi connectivity index (χ0v) is 16.3. The molecular weight excluding hydrogens is 418 g/mol. The van der Waals surface area contributed by atoms with Crippen molar-refractivity contribution in [1.29, 1.82) is 0 Å². The summed E-state index contributed by atoms with van der Waals surface area (Å²) in [7, 11) is -4.27. The van der Waals surface area contributed by atoms with Crippen molar-refractivity contribution in [3.05, 3.63) is 53.3 Å². The van der Waals surface area contributed by atoms with Crippen molar-refractivity contribution >= 4 is 27.0 Å². The zero-order valence-electron chi connectivity index (χ0n) is 14.7. The molecule has 0 saturated carbocycles. The molecule has 0 aliphatic rings. The van der Waals surface area contributed by atoms with Crippen molar-refractivity contribution in [3.63, 3.8) is 0 Å². The highest BCUT2D eigenvalue weighted by Crippen LogP contribution is 2.35. The summed E-state index contributed by atoms with van der Waals surface area (Å²) in [6.07, 6.45) is -3.63. The molecule has 0 radical (unpaired) electrons. The van der Waals surface area contributed by atoms with Crippen molar-refractivity contribution in [3.8, 4) is 10.6 Å². The number of sulfonamides is 1. The van der Waals surface area contributed by atoms with Crippen LogP contribution in [0.4, 0.5) is 23.2 Å². The van der Waals surface area contributed by atoms with Gasteiger partial charge in [0.1, 0.15) is 16.4 Å². The van der Waals surface area contributed by atoms with Crippen LogP contribution in [0.2, 0.25) is 0 Å². The van der Waals surface area contributed by atoms with Crippen LogP contribution in [-0.2, 0) is 16.2 Å². The van der Waals surface area contributed by atoms with Crippen LogP contribution in [0.3, 0.4) is 0 Å². The monoisotopic (exact) mass is 433 g/mol. The van der Waals surface area contributed by atoms with Crippen molar-refractivity contribution in [2.75, 3.05) is 4.72 Å². The predicted octanol–water partition coefficient (Wildman–Crippen LogP) is 5.15. The summed E-state index contributed by atoms with van der Waals surface area (Å²) in [5, 5.41) is 6.05. The van der Waals surface area contributed by atoms with E-state index in [9.17, 15) is 26.0 Å². The first-order valence-electron chi connectivity index (χ1n) is 8.01. The fraction of sp³-hybridized carbons (Fsp3) is 0.235. The molecule has 1 N–H and O–H groups in total. The number of hydrogen-bond acceptors (Lipinski definition) is 4. The van der Waals surface area contributed by atoms with Crippen LogP contribution < -0.4 is 4.72 Å². The number of halogens is 4. The molecular formula is C17H15F4N3O2S2. The second-order valence-electron chi connectivity index (χ2n) is 6.19. The number of nitrogens with zero attached hydrogens (tertiary/aromatic N) is 2. The average Bonchev–Trinajstić information content (AvgIpc) is 3.24. The maximum atomic E-state index is 13.5. The normalized spacial score (nSPS) is 12.5. The lowest BCUT2D eigenvalue weighted by Gasteiger charge is -2.12. The second kappa shape index (κ2) is 7.21. The van der Waals surface area contributed by atoms with E-state index in [1.807, 2.05) is 13.8 Å². The highest BCUT2D eigenvalue weighted by atomic mass is 32.2. The van der Waals surface area contributed by atoms with Gasteiger partial charge in [0.15, 0.2) is 0 Å². The Morgan fingerprint density at radius 2 is 1.93 bits per heavy atom. The Bertz CT molecular complexity index is 1090. The molecule has 0 spiro atoms. The van der Waals surface area contributed by atoms with Crippen LogP contribution in [0.15, 0.2) is 46.8 Å². The van der Waals surface area contributed by atoms with Gasteiger partial charge in [-0.1, -0.05) is 6.07 Å². The number of alkyl halides is 3. The first-order chi connectivity index (χ1) is 13.0. The molecule has 0 atom stereocenters. The lowest BCUT2D eigenvalue weighted by Crippen LogP contribution is -2.15. The lowest BCUT2D eigenvalue weighted by molar-refractivity contribution is -0.139. The Kier molecular flexibility index (Phi) is 5.24. The quantitative estimate of drug-likeness (QED) is 0.566. The Morgan fingerprint density at radius 1 is 1.21 bits per heavy atom. The van der Waals surface area contributed by atoms with E-state index in [4.69, 9.17) is 0 Å². The van der Waals surface area contributed by atoms with E-state index in [2.05, 4.69) is 9.82 Å². The largest absolute Gasteiger partial charge is 0.419 e. The van der Waals surface area contributed by atoms with Gasteiger partial charge in [0, 0.05) is 17.9 Å². The Labute approximate surface area is 162 Å². The highest BCUT2D eigenvalue weighted by molar-refractivity contribution is 7.92. The molecule has 0 saturated heterocycles. The van der Waals surface area contributed by atoms with Crippen LogP contribution in [0.25, 0.3) is 10.6 Å². The van der Waals surface area contributed by atoms with Crippen LogP contribution in [-0.4, -0.2) is 18.2 Å². The Balaban J connectivity index is 2.05. The maximum Gasteiger partial charge on any atom is 0.419 e. The van der Waals surface area contributed by atoms with E-state index < -0.39 is 33.3 Å². The topological polar surface area (TPSA) is 64.0 Å². The SMILES string of the molecule is CC(C)n1cc(S(=O)(=O)Nc2ccc(F)c(C(F)(F)F)c2)c(-c2cccs2)n1. The van der Waals surface area contributed by atoms with E-state index in [-0.39, 0.29) is 16.6 Å². The van der Waals surface area contributed by atoms with E-state index in [1.54, 1.807) is 17.5 Å². The molecule has 11 heteroatoms. The van der Waals surface area contributed by atoms with E-state index >= 15 is 0 Å². The van der Waals surface area contributed by atoms with Gasteiger partial charge in [-0.05, 0) is 43.5 Å². The van der Waals surface area contributed by atoms with Crippen LogP contribution in [0.5, 0.6) is 0 Å². The first-order valence-corrected chi connectivity index (χ1v) is 10.4.